The Morgan fingerprint density at radius 1 is 1.00 bits per heavy atom. The summed E-state index contributed by atoms with van der Waals surface area (Å²) >= 11 is 0. The van der Waals surface area contributed by atoms with Crippen LogP contribution in [0.4, 0.5) is 0 Å². The van der Waals surface area contributed by atoms with Crippen molar-refractivity contribution in [3.63, 3.8) is 0 Å². The van der Waals surface area contributed by atoms with Gasteiger partial charge in [-0.05, 0) is 24.3 Å². The highest BCUT2D eigenvalue weighted by molar-refractivity contribution is 5.89. The Morgan fingerprint density at radius 3 is 2.05 bits per heavy atom. The molecule has 0 radical (unpaired) electrons. The van der Waals surface area contributed by atoms with Crippen LogP contribution in [0.2, 0.25) is 0 Å². The van der Waals surface area contributed by atoms with E-state index in [1.54, 1.807) is 0 Å². The van der Waals surface area contributed by atoms with Crippen LogP contribution in [-0.2, 0) is 4.74 Å². The van der Waals surface area contributed by atoms with E-state index in [4.69, 9.17) is 20.1 Å². The summed E-state index contributed by atoms with van der Waals surface area (Å²) in [6, 6.07) is 5.18. The maximum absolute atomic E-state index is 11.6. The van der Waals surface area contributed by atoms with Crippen molar-refractivity contribution >= 4 is 5.97 Å². The van der Waals surface area contributed by atoms with Gasteiger partial charge in [0.05, 0.1) is 12.2 Å². The number of hydrogen-bond donors (Lipinski definition) is 6. The predicted octanol–water partition coefficient (Wildman–Crippen LogP) is -2.02. The summed E-state index contributed by atoms with van der Waals surface area (Å²) in [4.78, 5) is 11.6. The van der Waals surface area contributed by atoms with E-state index >= 15 is 0 Å². The first-order valence-corrected chi connectivity index (χ1v) is 6.16. The minimum atomic E-state index is -1.79. The lowest BCUT2D eigenvalue weighted by Gasteiger charge is -2.25. The van der Waals surface area contributed by atoms with Gasteiger partial charge in [-0.15, -0.1) is 0 Å². The number of aromatic hydroxyl groups is 1. The van der Waals surface area contributed by atoms with Crippen LogP contribution < -0.4 is 0 Å². The molecule has 0 aliphatic carbocycles. The molecule has 8 heteroatoms. The topological polar surface area (TPSA) is 148 Å². The summed E-state index contributed by atoms with van der Waals surface area (Å²) < 4.78 is 4.73. The molecule has 0 bridgehead atoms. The molecule has 0 saturated heterocycles. The van der Waals surface area contributed by atoms with Gasteiger partial charge in [-0.25, -0.2) is 4.79 Å². The maximum atomic E-state index is 11.6. The van der Waals surface area contributed by atoms with Crippen LogP contribution in [-0.4, -0.2) is 74.2 Å². The summed E-state index contributed by atoms with van der Waals surface area (Å²) in [5, 5.41) is 55.3. The third-order valence-corrected chi connectivity index (χ3v) is 2.81. The van der Waals surface area contributed by atoms with Crippen LogP contribution in [0.1, 0.15) is 10.4 Å². The Bertz CT molecular complexity index is 446. The van der Waals surface area contributed by atoms with Crippen LogP contribution in [0.15, 0.2) is 24.3 Å². The Balaban J connectivity index is 2.50. The quantitative estimate of drug-likeness (QED) is 0.316. The van der Waals surface area contributed by atoms with Crippen molar-refractivity contribution in [1.29, 1.82) is 0 Å². The SMILES string of the molecule is O=C(OC[C@@H](O)[C@H](O)[C@@H](O)[C@@H](O)CO)c1ccc(O)cc1. The van der Waals surface area contributed by atoms with Crippen LogP contribution in [0.5, 0.6) is 5.75 Å². The van der Waals surface area contributed by atoms with Gasteiger partial charge in [-0.3, -0.25) is 0 Å². The third-order valence-electron chi connectivity index (χ3n) is 2.81. The summed E-state index contributed by atoms with van der Waals surface area (Å²) in [6.45, 7) is -1.41. The number of phenols is 1. The first-order chi connectivity index (χ1) is 9.86. The molecule has 4 atom stereocenters. The Hall–Kier alpha value is -1.71. The molecule has 6 N–H and O–H groups in total. The number of carbonyl (C=O) groups excluding carboxylic acids is 1. The molecule has 21 heavy (non-hydrogen) atoms. The second-order valence-electron chi connectivity index (χ2n) is 4.44. The number of phenolic OH excluding ortho intramolecular Hbond substituents is 1. The van der Waals surface area contributed by atoms with E-state index in [1.807, 2.05) is 0 Å². The van der Waals surface area contributed by atoms with Crippen molar-refractivity contribution in [2.75, 3.05) is 13.2 Å². The van der Waals surface area contributed by atoms with E-state index in [0.717, 1.165) is 0 Å². The molecule has 0 fully saturated rings. The van der Waals surface area contributed by atoms with Crippen molar-refractivity contribution < 1.29 is 40.2 Å². The lowest BCUT2D eigenvalue weighted by atomic mass is 10.0. The maximum Gasteiger partial charge on any atom is 0.338 e. The highest BCUT2D eigenvalue weighted by Crippen LogP contribution is 2.11. The van der Waals surface area contributed by atoms with Gasteiger partial charge in [-0.2, -0.15) is 0 Å². The minimum absolute atomic E-state index is 0.0249. The molecule has 0 saturated carbocycles. The average Bonchev–Trinajstić information content (AvgIpc) is 2.50. The van der Waals surface area contributed by atoms with Gasteiger partial charge < -0.3 is 35.4 Å². The van der Waals surface area contributed by atoms with E-state index in [9.17, 15) is 20.1 Å². The van der Waals surface area contributed by atoms with Crippen molar-refractivity contribution in [3.05, 3.63) is 29.8 Å². The number of esters is 1. The third kappa shape index (κ3) is 4.96. The van der Waals surface area contributed by atoms with E-state index in [-0.39, 0.29) is 11.3 Å². The van der Waals surface area contributed by atoms with Crippen LogP contribution in [0.25, 0.3) is 0 Å². The fraction of sp³-hybridized carbons (Fsp3) is 0.462. The Kier molecular flexibility index (Phi) is 6.53. The Labute approximate surface area is 120 Å². The molecule has 0 aliphatic rings. The molecule has 0 aliphatic heterocycles. The summed E-state index contributed by atoms with van der Waals surface area (Å²) in [5.41, 5.74) is 0.130. The fourth-order valence-corrected chi connectivity index (χ4v) is 1.50. The van der Waals surface area contributed by atoms with E-state index in [2.05, 4.69) is 0 Å². The second-order valence-corrected chi connectivity index (χ2v) is 4.44. The zero-order valence-electron chi connectivity index (χ0n) is 11.0. The number of aliphatic hydroxyl groups excluding tert-OH is 5. The van der Waals surface area contributed by atoms with E-state index in [0.29, 0.717) is 0 Å². The lowest BCUT2D eigenvalue weighted by molar-refractivity contribution is -0.124. The number of rotatable bonds is 7. The molecule has 1 rings (SSSR count). The lowest BCUT2D eigenvalue weighted by Crippen LogP contribution is -2.47. The van der Waals surface area contributed by atoms with Crippen molar-refractivity contribution in [1.82, 2.24) is 0 Å². The molecule has 1 aromatic carbocycles. The molecule has 0 spiro atoms. The fourth-order valence-electron chi connectivity index (χ4n) is 1.50. The van der Waals surface area contributed by atoms with E-state index in [1.165, 1.54) is 24.3 Å². The number of hydrogen-bond acceptors (Lipinski definition) is 8. The zero-order chi connectivity index (χ0) is 16.0. The van der Waals surface area contributed by atoms with Crippen LogP contribution >= 0.6 is 0 Å². The standard InChI is InChI=1S/C13H18O8/c14-5-9(16)11(18)12(19)10(17)6-21-13(20)7-1-3-8(15)4-2-7/h1-4,9-12,14-19H,5-6H2/t9-,10+,11-,12-/m0/s1. The molecule has 8 nitrogen and oxygen atoms in total. The van der Waals surface area contributed by atoms with Gasteiger partial charge in [-0.1, -0.05) is 0 Å². The van der Waals surface area contributed by atoms with Gasteiger partial charge in [0.25, 0.3) is 0 Å². The molecular weight excluding hydrogens is 284 g/mol. The van der Waals surface area contributed by atoms with Crippen LogP contribution in [0.3, 0.4) is 0 Å². The summed E-state index contributed by atoms with van der Waals surface area (Å²) in [7, 11) is 0. The predicted molar refractivity (Wildman–Crippen MR) is 69.5 cm³/mol. The highest BCUT2D eigenvalue weighted by atomic mass is 16.5. The zero-order valence-corrected chi connectivity index (χ0v) is 11.0. The monoisotopic (exact) mass is 302 g/mol. The van der Waals surface area contributed by atoms with E-state index < -0.39 is 43.6 Å². The molecule has 0 aromatic heterocycles. The van der Waals surface area contributed by atoms with Gasteiger partial charge in [0.15, 0.2) is 0 Å². The normalized spacial score (nSPS) is 16.8. The molecule has 1 aromatic rings. The van der Waals surface area contributed by atoms with Gasteiger partial charge in [0, 0.05) is 0 Å². The average molecular weight is 302 g/mol. The number of ether oxygens (including phenoxy) is 1. The van der Waals surface area contributed by atoms with Crippen LogP contribution in [0, 0.1) is 0 Å². The molecule has 0 heterocycles. The largest absolute Gasteiger partial charge is 0.508 e. The Morgan fingerprint density at radius 2 is 1.52 bits per heavy atom. The smallest absolute Gasteiger partial charge is 0.338 e. The first kappa shape index (κ1) is 17.3. The first-order valence-electron chi connectivity index (χ1n) is 6.16. The van der Waals surface area contributed by atoms with Gasteiger partial charge in [0.2, 0.25) is 0 Å². The number of carbonyl (C=O) groups is 1. The van der Waals surface area contributed by atoms with Crippen molar-refractivity contribution in [3.8, 4) is 5.75 Å². The van der Waals surface area contributed by atoms with Crippen molar-refractivity contribution in [2.24, 2.45) is 0 Å². The molecule has 0 amide bonds. The molecule has 0 unspecified atom stereocenters. The molecule has 118 valence electrons. The summed E-state index contributed by atoms with van der Waals surface area (Å²) in [6.07, 6.45) is -6.83. The van der Waals surface area contributed by atoms with Gasteiger partial charge in [0.1, 0.15) is 36.8 Å². The second kappa shape index (κ2) is 7.91. The summed E-state index contributed by atoms with van der Waals surface area (Å²) in [5.74, 6) is -0.818. The number of benzene rings is 1. The number of aliphatic hydroxyl groups is 5. The van der Waals surface area contributed by atoms with Crippen molar-refractivity contribution in [2.45, 2.75) is 24.4 Å². The minimum Gasteiger partial charge on any atom is -0.508 e. The molecular formula is C13H18O8. The van der Waals surface area contributed by atoms with Gasteiger partial charge >= 0.3 is 5.97 Å². The highest BCUT2D eigenvalue weighted by Gasteiger charge is 2.30.